The van der Waals surface area contributed by atoms with Gasteiger partial charge in [0.05, 0.1) is 4.90 Å². The Labute approximate surface area is 140 Å². The molecule has 1 saturated heterocycles. The molecule has 3 rings (SSSR count). The van der Waals surface area contributed by atoms with Crippen LogP contribution in [0, 0.1) is 0 Å². The van der Waals surface area contributed by atoms with E-state index in [1.54, 1.807) is 0 Å². The average Bonchev–Trinajstić information content (AvgIpc) is 3.03. The fourth-order valence-electron chi connectivity index (χ4n) is 2.66. The predicted octanol–water partition coefficient (Wildman–Crippen LogP) is 1.96. The van der Waals surface area contributed by atoms with Gasteiger partial charge in [-0.25, -0.2) is 8.42 Å². The van der Waals surface area contributed by atoms with Crippen molar-refractivity contribution in [2.45, 2.75) is 23.7 Å². The summed E-state index contributed by atoms with van der Waals surface area (Å²) in [5.41, 5.74) is 1.36. The van der Waals surface area contributed by atoms with E-state index >= 15 is 0 Å². The maximum atomic E-state index is 12.2. The van der Waals surface area contributed by atoms with Crippen molar-refractivity contribution >= 4 is 21.6 Å². The van der Waals surface area contributed by atoms with E-state index < -0.39 is 9.84 Å². The van der Waals surface area contributed by atoms with Gasteiger partial charge in [0.1, 0.15) is 0 Å². The van der Waals surface area contributed by atoms with Crippen molar-refractivity contribution in [3.8, 4) is 0 Å². The molecule has 2 heterocycles. The maximum Gasteiger partial charge on any atom is 0.256 e. The zero-order valence-electron chi connectivity index (χ0n) is 13.3. The predicted molar refractivity (Wildman–Crippen MR) is 88.9 cm³/mol. The van der Waals surface area contributed by atoms with Gasteiger partial charge in [0.25, 0.3) is 5.91 Å². The molecule has 2 aromatic rings. The van der Waals surface area contributed by atoms with E-state index in [-0.39, 0.29) is 10.8 Å². The van der Waals surface area contributed by atoms with Crippen molar-refractivity contribution in [3.05, 3.63) is 41.6 Å². The number of carbonyl (C=O) groups is 1. The maximum absolute atomic E-state index is 12.2. The van der Waals surface area contributed by atoms with Crippen molar-refractivity contribution in [2.75, 3.05) is 24.8 Å². The number of anilines is 1. The Bertz CT molecular complexity index is 821. The topological polar surface area (TPSA) is 101 Å². The molecule has 1 aliphatic rings. The Morgan fingerprint density at radius 2 is 1.92 bits per heavy atom. The van der Waals surface area contributed by atoms with Crippen LogP contribution >= 0.6 is 0 Å². The standard InChI is InChI=1S/C16H19N3O4S/c1-24(21,22)13-4-2-12(3-5-13)16(20)17-15-10-14(18-19-15)11-6-8-23-9-7-11/h2-5,10-11H,6-9H2,1H3,(H2,17,18,19,20). The summed E-state index contributed by atoms with van der Waals surface area (Å²) >= 11 is 0. The Balaban J connectivity index is 1.67. The summed E-state index contributed by atoms with van der Waals surface area (Å²) in [5, 5.41) is 9.80. The molecule has 0 spiro atoms. The van der Waals surface area contributed by atoms with Crippen LogP contribution in [0.1, 0.15) is 34.8 Å². The fraction of sp³-hybridized carbons (Fsp3) is 0.375. The molecule has 128 valence electrons. The van der Waals surface area contributed by atoms with Crippen LogP contribution in [0.25, 0.3) is 0 Å². The molecule has 1 aromatic carbocycles. The van der Waals surface area contributed by atoms with Crippen molar-refractivity contribution in [1.82, 2.24) is 10.2 Å². The molecular weight excluding hydrogens is 330 g/mol. The summed E-state index contributed by atoms with van der Waals surface area (Å²) in [4.78, 5) is 12.4. The van der Waals surface area contributed by atoms with E-state index in [2.05, 4.69) is 15.5 Å². The number of hydrogen-bond donors (Lipinski definition) is 2. The summed E-state index contributed by atoms with van der Waals surface area (Å²) in [7, 11) is -3.27. The summed E-state index contributed by atoms with van der Waals surface area (Å²) in [6, 6.07) is 7.64. The summed E-state index contributed by atoms with van der Waals surface area (Å²) in [6.45, 7) is 1.47. The van der Waals surface area contributed by atoms with Crippen molar-refractivity contribution < 1.29 is 17.9 Å². The number of amides is 1. The van der Waals surface area contributed by atoms with Gasteiger partial charge in [-0.2, -0.15) is 5.10 Å². The van der Waals surface area contributed by atoms with Crippen molar-refractivity contribution in [2.24, 2.45) is 0 Å². The molecule has 1 aliphatic heterocycles. The van der Waals surface area contributed by atoms with Crippen molar-refractivity contribution in [3.63, 3.8) is 0 Å². The summed E-state index contributed by atoms with van der Waals surface area (Å²) in [6.07, 6.45) is 2.99. The van der Waals surface area contributed by atoms with Crippen molar-refractivity contribution in [1.29, 1.82) is 0 Å². The number of H-pyrrole nitrogens is 1. The van der Waals surface area contributed by atoms with Gasteiger partial charge in [-0.3, -0.25) is 9.89 Å². The van der Waals surface area contributed by atoms with Crippen LogP contribution in [0.4, 0.5) is 5.82 Å². The molecular formula is C16H19N3O4S. The highest BCUT2D eigenvalue weighted by Gasteiger charge is 2.19. The van der Waals surface area contributed by atoms with Gasteiger partial charge in [-0.1, -0.05) is 0 Å². The largest absolute Gasteiger partial charge is 0.381 e. The lowest BCUT2D eigenvalue weighted by Crippen LogP contribution is -2.14. The van der Waals surface area contributed by atoms with E-state index in [1.165, 1.54) is 24.3 Å². The van der Waals surface area contributed by atoms with E-state index in [0.717, 1.165) is 38.0 Å². The van der Waals surface area contributed by atoms with Gasteiger partial charge in [0, 0.05) is 42.7 Å². The number of sulfone groups is 1. The number of aromatic nitrogens is 2. The Hall–Kier alpha value is -2.19. The number of hydrogen-bond acceptors (Lipinski definition) is 5. The van der Waals surface area contributed by atoms with Gasteiger partial charge in [-0.05, 0) is 37.1 Å². The van der Waals surface area contributed by atoms with E-state index in [0.29, 0.717) is 17.3 Å². The first-order chi connectivity index (χ1) is 11.4. The quantitative estimate of drug-likeness (QED) is 0.879. The Morgan fingerprint density at radius 3 is 2.54 bits per heavy atom. The highest BCUT2D eigenvalue weighted by molar-refractivity contribution is 7.90. The minimum atomic E-state index is -3.27. The number of nitrogens with zero attached hydrogens (tertiary/aromatic N) is 1. The second-order valence-electron chi connectivity index (χ2n) is 5.85. The third kappa shape index (κ3) is 3.82. The van der Waals surface area contributed by atoms with Gasteiger partial charge in [0.15, 0.2) is 15.7 Å². The van der Waals surface area contributed by atoms with Crippen LogP contribution in [-0.4, -0.2) is 44.0 Å². The normalized spacial score (nSPS) is 16.0. The molecule has 1 amide bonds. The van der Waals surface area contributed by atoms with Crippen LogP contribution in [0.5, 0.6) is 0 Å². The lowest BCUT2D eigenvalue weighted by Gasteiger charge is -2.20. The van der Waals surface area contributed by atoms with E-state index in [1.807, 2.05) is 6.07 Å². The first kappa shape index (κ1) is 16.7. The smallest absolute Gasteiger partial charge is 0.256 e. The molecule has 0 atom stereocenters. The molecule has 0 unspecified atom stereocenters. The number of carbonyl (C=O) groups excluding carboxylic acids is 1. The highest BCUT2D eigenvalue weighted by Crippen LogP contribution is 2.26. The first-order valence-electron chi connectivity index (χ1n) is 7.68. The van der Waals surface area contributed by atoms with Gasteiger partial charge >= 0.3 is 0 Å². The minimum absolute atomic E-state index is 0.181. The SMILES string of the molecule is CS(=O)(=O)c1ccc(C(=O)Nc2cc(C3CCOCC3)[nH]n2)cc1. The minimum Gasteiger partial charge on any atom is -0.381 e. The molecule has 8 heteroatoms. The van der Waals surface area contributed by atoms with Crippen LogP contribution < -0.4 is 5.32 Å². The third-order valence-electron chi connectivity index (χ3n) is 4.05. The number of nitrogens with one attached hydrogen (secondary N) is 2. The van der Waals surface area contributed by atoms with Crippen LogP contribution in [-0.2, 0) is 14.6 Å². The lowest BCUT2D eigenvalue weighted by molar-refractivity contribution is 0.0845. The van der Waals surface area contributed by atoms with E-state index in [4.69, 9.17) is 4.74 Å². The second kappa shape index (κ2) is 6.74. The summed E-state index contributed by atoms with van der Waals surface area (Å²) < 4.78 is 28.2. The molecule has 2 N–H and O–H groups in total. The number of benzene rings is 1. The number of rotatable bonds is 4. The number of ether oxygens (including phenoxy) is 1. The molecule has 0 saturated carbocycles. The first-order valence-corrected chi connectivity index (χ1v) is 9.57. The molecule has 1 aromatic heterocycles. The molecule has 7 nitrogen and oxygen atoms in total. The monoisotopic (exact) mass is 349 g/mol. The van der Waals surface area contributed by atoms with Crippen LogP contribution in [0.2, 0.25) is 0 Å². The molecule has 0 radical (unpaired) electrons. The van der Waals surface area contributed by atoms with Crippen LogP contribution in [0.3, 0.4) is 0 Å². The van der Waals surface area contributed by atoms with Gasteiger partial charge in [0.2, 0.25) is 0 Å². The number of aromatic amines is 1. The highest BCUT2D eigenvalue weighted by atomic mass is 32.2. The average molecular weight is 349 g/mol. The molecule has 24 heavy (non-hydrogen) atoms. The lowest BCUT2D eigenvalue weighted by atomic mass is 9.97. The summed E-state index contributed by atoms with van der Waals surface area (Å²) in [5.74, 6) is 0.486. The molecule has 0 aliphatic carbocycles. The van der Waals surface area contributed by atoms with Gasteiger partial charge in [-0.15, -0.1) is 0 Å². The van der Waals surface area contributed by atoms with Crippen LogP contribution in [0.15, 0.2) is 35.2 Å². The zero-order valence-corrected chi connectivity index (χ0v) is 14.1. The Morgan fingerprint density at radius 1 is 1.25 bits per heavy atom. The third-order valence-corrected chi connectivity index (χ3v) is 5.17. The molecule has 0 bridgehead atoms. The zero-order chi connectivity index (χ0) is 17.2. The fourth-order valence-corrected chi connectivity index (χ4v) is 3.29. The molecule has 1 fully saturated rings. The second-order valence-corrected chi connectivity index (χ2v) is 7.86. The van der Waals surface area contributed by atoms with Gasteiger partial charge < -0.3 is 10.1 Å². The Kier molecular flexibility index (Phi) is 4.68. The van der Waals surface area contributed by atoms with E-state index in [9.17, 15) is 13.2 Å².